The summed E-state index contributed by atoms with van der Waals surface area (Å²) in [5.74, 6) is 0. The number of piperidine rings is 1. The van der Waals surface area contributed by atoms with E-state index in [1.54, 1.807) is 12.1 Å². The number of hydrogen-bond acceptors (Lipinski definition) is 4. The van der Waals surface area contributed by atoms with Gasteiger partial charge in [-0.2, -0.15) is 0 Å². The number of likely N-dealkylation sites (tertiary alicyclic amines) is 1. The van der Waals surface area contributed by atoms with Crippen molar-refractivity contribution in [2.45, 2.75) is 51.3 Å². The highest BCUT2D eigenvalue weighted by molar-refractivity contribution is 5.32. The highest BCUT2D eigenvalue weighted by atomic mass is 16.6. The lowest BCUT2D eigenvalue weighted by Gasteiger charge is -2.36. The zero-order valence-electron chi connectivity index (χ0n) is 11.9. The van der Waals surface area contributed by atoms with Crippen LogP contribution in [0.3, 0.4) is 0 Å². The molecule has 5 nitrogen and oxygen atoms in total. The molecule has 1 aliphatic rings. The quantitative estimate of drug-likeness (QED) is 0.664. The van der Waals surface area contributed by atoms with Crippen LogP contribution in [-0.4, -0.2) is 33.6 Å². The minimum absolute atomic E-state index is 0.132. The molecular formula is C15H22N2O3. The predicted octanol–water partition coefficient (Wildman–Crippen LogP) is 2.72. The Balaban J connectivity index is 2.00. The summed E-state index contributed by atoms with van der Waals surface area (Å²) in [7, 11) is 0. The Hall–Kier alpha value is -1.46. The zero-order valence-corrected chi connectivity index (χ0v) is 11.9. The SMILES string of the molecule is CC(O)CC1CCCCN1Cc1ccc([N+](=O)[O-])cc1. The number of aliphatic hydroxyl groups is 1. The first-order valence-electron chi connectivity index (χ1n) is 7.21. The van der Waals surface area contributed by atoms with Gasteiger partial charge in [0.1, 0.15) is 0 Å². The average molecular weight is 278 g/mol. The minimum atomic E-state index is -0.374. The third-order valence-electron chi connectivity index (χ3n) is 3.90. The smallest absolute Gasteiger partial charge is 0.269 e. The maximum absolute atomic E-state index is 10.6. The predicted molar refractivity (Wildman–Crippen MR) is 77.4 cm³/mol. The fourth-order valence-corrected chi connectivity index (χ4v) is 2.89. The first kappa shape index (κ1) is 14.9. The standard InChI is InChI=1S/C15H22N2O3/c1-12(18)10-15-4-2-3-9-16(15)11-13-5-7-14(8-6-13)17(19)20/h5-8,12,15,18H,2-4,9-11H2,1H3. The van der Waals surface area contributed by atoms with Gasteiger partial charge in [0.15, 0.2) is 0 Å². The summed E-state index contributed by atoms with van der Waals surface area (Å²) in [6.45, 7) is 3.67. The molecule has 0 bridgehead atoms. The molecule has 0 saturated carbocycles. The molecule has 1 aliphatic heterocycles. The van der Waals surface area contributed by atoms with Crippen LogP contribution >= 0.6 is 0 Å². The number of aliphatic hydroxyl groups excluding tert-OH is 1. The number of nitro groups is 1. The van der Waals surface area contributed by atoms with Crippen LogP contribution in [0.1, 0.15) is 38.2 Å². The molecule has 1 aromatic carbocycles. The van der Waals surface area contributed by atoms with Gasteiger partial charge in [0.25, 0.3) is 5.69 Å². The Morgan fingerprint density at radius 2 is 2.10 bits per heavy atom. The van der Waals surface area contributed by atoms with Crippen molar-refractivity contribution in [3.8, 4) is 0 Å². The number of rotatable bonds is 5. The van der Waals surface area contributed by atoms with Gasteiger partial charge in [-0.3, -0.25) is 15.0 Å². The van der Waals surface area contributed by atoms with Crippen LogP contribution in [0.2, 0.25) is 0 Å². The first-order valence-corrected chi connectivity index (χ1v) is 7.21. The molecule has 0 spiro atoms. The van der Waals surface area contributed by atoms with Crippen LogP contribution in [-0.2, 0) is 6.54 Å². The van der Waals surface area contributed by atoms with Crippen LogP contribution in [0.4, 0.5) is 5.69 Å². The Labute approximate surface area is 119 Å². The van der Waals surface area contributed by atoms with Crippen LogP contribution in [0.25, 0.3) is 0 Å². The molecule has 5 heteroatoms. The van der Waals surface area contributed by atoms with Crippen molar-refractivity contribution in [1.29, 1.82) is 0 Å². The molecule has 110 valence electrons. The van der Waals surface area contributed by atoms with E-state index in [9.17, 15) is 15.2 Å². The molecule has 0 radical (unpaired) electrons. The van der Waals surface area contributed by atoms with Gasteiger partial charge in [-0.15, -0.1) is 0 Å². The van der Waals surface area contributed by atoms with Crippen molar-refractivity contribution in [3.05, 3.63) is 39.9 Å². The zero-order chi connectivity index (χ0) is 14.5. The van der Waals surface area contributed by atoms with Crippen LogP contribution in [0.5, 0.6) is 0 Å². The van der Waals surface area contributed by atoms with Gasteiger partial charge in [-0.25, -0.2) is 0 Å². The van der Waals surface area contributed by atoms with E-state index in [2.05, 4.69) is 4.90 Å². The highest BCUT2D eigenvalue weighted by Crippen LogP contribution is 2.23. The van der Waals surface area contributed by atoms with Crippen molar-refractivity contribution in [1.82, 2.24) is 4.90 Å². The normalized spacial score (nSPS) is 21.6. The van der Waals surface area contributed by atoms with Gasteiger partial charge in [-0.1, -0.05) is 18.6 Å². The fraction of sp³-hybridized carbons (Fsp3) is 0.600. The Bertz CT molecular complexity index is 445. The maximum atomic E-state index is 10.6. The van der Waals surface area contributed by atoms with E-state index in [0.29, 0.717) is 6.04 Å². The molecule has 0 amide bonds. The van der Waals surface area contributed by atoms with Gasteiger partial charge >= 0.3 is 0 Å². The summed E-state index contributed by atoms with van der Waals surface area (Å²) in [6.07, 6.45) is 4.04. The van der Waals surface area contributed by atoms with Gasteiger partial charge < -0.3 is 5.11 Å². The number of benzene rings is 1. The second-order valence-corrected chi connectivity index (χ2v) is 5.63. The third-order valence-corrected chi connectivity index (χ3v) is 3.90. The fourth-order valence-electron chi connectivity index (χ4n) is 2.89. The lowest BCUT2D eigenvalue weighted by molar-refractivity contribution is -0.384. The minimum Gasteiger partial charge on any atom is -0.393 e. The van der Waals surface area contributed by atoms with Crippen molar-refractivity contribution < 1.29 is 10.0 Å². The summed E-state index contributed by atoms with van der Waals surface area (Å²) < 4.78 is 0. The molecule has 0 aromatic heterocycles. The molecule has 1 aromatic rings. The van der Waals surface area contributed by atoms with E-state index in [1.807, 2.05) is 19.1 Å². The molecule has 20 heavy (non-hydrogen) atoms. The Kier molecular flexibility index (Phi) is 5.09. The van der Waals surface area contributed by atoms with Crippen molar-refractivity contribution in [3.63, 3.8) is 0 Å². The summed E-state index contributed by atoms with van der Waals surface area (Å²) in [4.78, 5) is 12.7. The van der Waals surface area contributed by atoms with Crippen molar-refractivity contribution in [2.24, 2.45) is 0 Å². The molecule has 2 unspecified atom stereocenters. The Morgan fingerprint density at radius 1 is 1.40 bits per heavy atom. The summed E-state index contributed by atoms with van der Waals surface area (Å²) >= 11 is 0. The van der Waals surface area contributed by atoms with E-state index in [4.69, 9.17) is 0 Å². The second kappa shape index (κ2) is 6.81. The van der Waals surface area contributed by atoms with Crippen molar-refractivity contribution >= 4 is 5.69 Å². The second-order valence-electron chi connectivity index (χ2n) is 5.63. The molecule has 1 N–H and O–H groups in total. The lowest BCUT2D eigenvalue weighted by atomic mass is 9.96. The number of nitro benzene ring substituents is 1. The van der Waals surface area contributed by atoms with Gasteiger partial charge in [0.05, 0.1) is 11.0 Å². The first-order chi connectivity index (χ1) is 9.56. The number of hydrogen-bond donors (Lipinski definition) is 1. The van der Waals surface area contributed by atoms with Gasteiger partial charge in [0, 0.05) is 24.7 Å². The number of non-ortho nitro benzene ring substituents is 1. The monoisotopic (exact) mass is 278 g/mol. The Morgan fingerprint density at radius 3 is 2.70 bits per heavy atom. The largest absolute Gasteiger partial charge is 0.393 e. The topological polar surface area (TPSA) is 66.6 Å². The summed E-state index contributed by atoms with van der Waals surface area (Å²) in [6, 6.07) is 7.18. The maximum Gasteiger partial charge on any atom is 0.269 e. The van der Waals surface area contributed by atoms with Gasteiger partial charge in [-0.05, 0) is 38.3 Å². The van der Waals surface area contributed by atoms with Crippen LogP contribution in [0, 0.1) is 10.1 Å². The molecule has 2 atom stereocenters. The van der Waals surface area contributed by atoms with E-state index >= 15 is 0 Å². The molecule has 1 saturated heterocycles. The molecular weight excluding hydrogens is 256 g/mol. The lowest BCUT2D eigenvalue weighted by Crippen LogP contribution is -2.40. The number of nitrogens with zero attached hydrogens (tertiary/aromatic N) is 2. The third kappa shape index (κ3) is 4.02. The van der Waals surface area contributed by atoms with Crippen molar-refractivity contribution in [2.75, 3.05) is 6.54 Å². The van der Waals surface area contributed by atoms with E-state index < -0.39 is 0 Å². The molecule has 2 rings (SSSR count). The van der Waals surface area contributed by atoms with Crippen LogP contribution in [0.15, 0.2) is 24.3 Å². The van der Waals surface area contributed by atoms with Gasteiger partial charge in [0.2, 0.25) is 0 Å². The highest BCUT2D eigenvalue weighted by Gasteiger charge is 2.23. The summed E-state index contributed by atoms with van der Waals surface area (Å²) in [5.41, 5.74) is 1.22. The van der Waals surface area contributed by atoms with E-state index in [-0.39, 0.29) is 16.7 Å². The summed E-state index contributed by atoms with van der Waals surface area (Å²) in [5, 5.41) is 20.2. The molecule has 1 heterocycles. The van der Waals surface area contributed by atoms with E-state index in [0.717, 1.165) is 31.5 Å². The van der Waals surface area contributed by atoms with Crippen LogP contribution < -0.4 is 0 Å². The molecule has 1 fully saturated rings. The van der Waals surface area contributed by atoms with E-state index in [1.165, 1.54) is 12.8 Å². The molecule has 0 aliphatic carbocycles. The average Bonchev–Trinajstić information content (AvgIpc) is 2.41.